The zero-order valence-corrected chi connectivity index (χ0v) is 12.9. The summed E-state index contributed by atoms with van der Waals surface area (Å²) in [5.41, 5.74) is 0. The smallest absolute Gasteiger partial charge is 0.0308 e. The number of halogens is 2. The van der Waals surface area contributed by atoms with Crippen LogP contribution in [0.1, 0.15) is 58.3 Å². The van der Waals surface area contributed by atoms with E-state index in [2.05, 4.69) is 54.0 Å². The number of hydrogen-bond donors (Lipinski definition) is 0. The Hall–Kier alpha value is 1.42. The van der Waals surface area contributed by atoms with Crippen molar-refractivity contribution in [3.05, 3.63) is 0 Å². The second-order valence-electron chi connectivity index (χ2n) is 3.50. The van der Waals surface area contributed by atoms with Gasteiger partial charge in [0, 0.05) is 52.3 Å². The molecule has 0 saturated heterocycles. The van der Waals surface area contributed by atoms with Gasteiger partial charge in [0.2, 0.25) is 0 Å². The van der Waals surface area contributed by atoms with Crippen molar-refractivity contribution in [1.82, 2.24) is 1.33 Å². The zero-order valence-electron chi connectivity index (χ0n) is 8.57. The van der Waals surface area contributed by atoms with Gasteiger partial charge >= 0.3 is 0 Å². The van der Waals surface area contributed by atoms with E-state index in [1.54, 1.807) is 0 Å². The summed E-state index contributed by atoms with van der Waals surface area (Å²) < 4.78 is 2.21. The van der Waals surface area contributed by atoms with Crippen molar-refractivity contribution in [3.8, 4) is 0 Å². The molecule has 80 valence electrons. The first-order valence-electron chi connectivity index (χ1n) is 5.36. The van der Waals surface area contributed by atoms with Crippen LogP contribution in [0.2, 0.25) is 0 Å². The fourth-order valence-corrected chi connectivity index (χ4v) is 2.05. The number of nitrogens with zero attached hydrogens (tertiary/aromatic N) is 1. The molecule has 0 aromatic rings. The number of unbranched alkanes of at least 4 members (excludes halogenated alkanes) is 7. The van der Waals surface area contributed by atoms with Gasteiger partial charge in [-0.05, 0) is 6.42 Å². The molecule has 0 aliphatic rings. The molecule has 0 N–H and O–H groups in total. The summed E-state index contributed by atoms with van der Waals surface area (Å²) in [5.74, 6) is 0. The highest BCUT2D eigenvalue weighted by molar-refractivity contribution is 14.2. The van der Waals surface area contributed by atoms with Crippen LogP contribution in [0.4, 0.5) is 0 Å². The van der Waals surface area contributed by atoms with Crippen molar-refractivity contribution in [1.29, 1.82) is 0 Å². The summed E-state index contributed by atoms with van der Waals surface area (Å²) in [4.78, 5) is 0. The molecule has 0 radical (unpaired) electrons. The van der Waals surface area contributed by atoms with Crippen LogP contribution in [0.3, 0.4) is 0 Å². The van der Waals surface area contributed by atoms with Crippen molar-refractivity contribution in [2.24, 2.45) is 0 Å². The van der Waals surface area contributed by atoms with Crippen LogP contribution in [0.5, 0.6) is 0 Å². The molecule has 0 spiro atoms. The van der Waals surface area contributed by atoms with Crippen LogP contribution < -0.4 is 0 Å². The molecule has 3 heteroatoms. The fourth-order valence-electron chi connectivity index (χ4n) is 1.37. The van der Waals surface area contributed by atoms with Gasteiger partial charge in [-0.1, -0.05) is 51.9 Å². The van der Waals surface area contributed by atoms with E-state index >= 15 is 0 Å². The van der Waals surface area contributed by atoms with Crippen LogP contribution in [0.25, 0.3) is 0 Å². The average molecular weight is 409 g/mol. The predicted octanol–water partition coefficient (Wildman–Crippen LogP) is 5.13. The highest BCUT2D eigenvalue weighted by atomic mass is 127. The van der Waals surface area contributed by atoms with E-state index in [1.807, 2.05) is 0 Å². The lowest BCUT2D eigenvalue weighted by Gasteiger charge is -2.04. The topological polar surface area (TPSA) is 3.24 Å². The summed E-state index contributed by atoms with van der Waals surface area (Å²) in [6.45, 7) is 3.51. The van der Waals surface area contributed by atoms with Crippen molar-refractivity contribution in [2.75, 3.05) is 6.54 Å². The molecule has 0 heterocycles. The minimum atomic E-state index is 1.23. The average Bonchev–Trinajstić information content (AvgIpc) is 2.09. The summed E-state index contributed by atoms with van der Waals surface area (Å²) in [5, 5.41) is 0. The Morgan fingerprint density at radius 1 is 0.769 bits per heavy atom. The quantitative estimate of drug-likeness (QED) is 0.290. The molecule has 0 atom stereocenters. The minimum Gasteiger partial charge on any atom is -0.189 e. The normalized spacial score (nSPS) is 11.1. The maximum absolute atomic E-state index is 2.34. The van der Waals surface area contributed by atoms with Gasteiger partial charge in [-0.15, -0.1) is 0 Å². The minimum absolute atomic E-state index is 1.23. The zero-order chi connectivity index (χ0) is 9.94. The van der Waals surface area contributed by atoms with Crippen LogP contribution in [0, 0.1) is 0 Å². The van der Waals surface area contributed by atoms with E-state index in [1.165, 1.54) is 57.9 Å². The first-order valence-corrected chi connectivity index (χ1v) is 7.29. The maximum atomic E-state index is 2.34. The van der Waals surface area contributed by atoms with Crippen LogP contribution >= 0.6 is 45.7 Å². The van der Waals surface area contributed by atoms with Gasteiger partial charge in [0.15, 0.2) is 0 Å². The van der Waals surface area contributed by atoms with Crippen LogP contribution in [-0.2, 0) is 0 Å². The van der Waals surface area contributed by atoms with E-state index in [9.17, 15) is 0 Å². The van der Waals surface area contributed by atoms with E-state index in [-0.39, 0.29) is 0 Å². The first-order chi connectivity index (χ1) is 6.27. The Morgan fingerprint density at radius 3 is 1.69 bits per heavy atom. The van der Waals surface area contributed by atoms with Gasteiger partial charge in [0.1, 0.15) is 0 Å². The lowest BCUT2D eigenvalue weighted by Crippen LogP contribution is -1.97. The molecule has 0 bridgehead atoms. The Labute approximate surface area is 111 Å². The third-order valence-electron chi connectivity index (χ3n) is 2.18. The predicted molar refractivity (Wildman–Crippen MR) is 77.4 cm³/mol. The van der Waals surface area contributed by atoms with Gasteiger partial charge in [-0.3, -0.25) is 0 Å². The highest BCUT2D eigenvalue weighted by Crippen LogP contribution is 2.12. The Balaban J connectivity index is 2.84. The number of rotatable bonds is 9. The molecule has 0 saturated carbocycles. The molecule has 0 aliphatic carbocycles. The molecule has 0 amide bonds. The summed E-state index contributed by atoms with van der Waals surface area (Å²) >= 11 is 4.68. The summed E-state index contributed by atoms with van der Waals surface area (Å²) in [6, 6.07) is 0. The molecule has 0 unspecified atom stereocenters. The standard InChI is InChI=1S/C10H21I2N/c1-2-3-4-5-6-7-8-9-10-13(11)12/h2-10H2,1H3. The summed E-state index contributed by atoms with van der Waals surface area (Å²) in [7, 11) is 0. The van der Waals surface area contributed by atoms with E-state index < -0.39 is 0 Å². The van der Waals surface area contributed by atoms with Crippen molar-refractivity contribution in [3.63, 3.8) is 0 Å². The molecular formula is C10H21I2N. The maximum Gasteiger partial charge on any atom is 0.0308 e. The van der Waals surface area contributed by atoms with Crippen LogP contribution in [-0.4, -0.2) is 7.87 Å². The Bertz CT molecular complexity index is 96.9. The molecule has 0 aromatic carbocycles. The second-order valence-corrected chi connectivity index (χ2v) is 7.68. The molecule has 0 aliphatic heterocycles. The van der Waals surface area contributed by atoms with Gasteiger partial charge in [-0.25, -0.2) is 0 Å². The fraction of sp³-hybridized carbons (Fsp3) is 1.00. The lowest BCUT2D eigenvalue weighted by atomic mass is 10.1. The third-order valence-corrected chi connectivity index (χ3v) is 3.15. The molecule has 0 fully saturated rings. The highest BCUT2D eigenvalue weighted by Gasteiger charge is 1.94. The first kappa shape index (κ1) is 14.4. The largest absolute Gasteiger partial charge is 0.189 e. The van der Waals surface area contributed by atoms with Gasteiger partial charge in [-0.2, -0.15) is 1.33 Å². The third kappa shape index (κ3) is 13.4. The molecule has 13 heavy (non-hydrogen) atoms. The van der Waals surface area contributed by atoms with Crippen molar-refractivity contribution < 1.29 is 0 Å². The van der Waals surface area contributed by atoms with E-state index in [4.69, 9.17) is 0 Å². The molecule has 0 aromatic heterocycles. The Morgan fingerprint density at radius 2 is 1.23 bits per heavy atom. The Kier molecular flexibility index (Phi) is 12.8. The number of hydrogen-bond acceptors (Lipinski definition) is 1. The molecule has 0 rings (SSSR count). The van der Waals surface area contributed by atoms with Gasteiger partial charge in [0.05, 0.1) is 0 Å². The van der Waals surface area contributed by atoms with E-state index in [0.29, 0.717) is 0 Å². The SMILES string of the molecule is CCCCCCCCCCN(I)I. The molecule has 1 nitrogen and oxygen atoms in total. The van der Waals surface area contributed by atoms with Crippen molar-refractivity contribution in [2.45, 2.75) is 58.3 Å². The van der Waals surface area contributed by atoms with Crippen molar-refractivity contribution >= 4 is 45.7 Å². The van der Waals surface area contributed by atoms with Gasteiger partial charge in [0.25, 0.3) is 0 Å². The second kappa shape index (κ2) is 11.5. The van der Waals surface area contributed by atoms with E-state index in [0.717, 1.165) is 0 Å². The molecular weight excluding hydrogens is 388 g/mol. The monoisotopic (exact) mass is 409 g/mol. The van der Waals surface area contributed by atoms with Gasteiger partial charge < -0.3 is 0 Å². The van der Waals surface area contributed by atoms with Crippen LogP contribution in [0.15, 0.2) is 0 Å². The summed E-state index contributed by atoms with van der Waals surface area (Å²) in [6.07, 6.45) is 11.3. The lowest BCUT2D eigenvalue weighted by molar-refractivity contribution is 0.566.